The van der Waals surface area contributed by atoms with Gasteiger partial charge in [0.05, 0.1) is 12.6 Å². The molecular weight excluding hydrogens is 162 g/mol. The van der Waals surface area contributed by atoms with E-state index in [0.717, 1.165) is 13.1 Å². The number of nitrogens with zero attached hydrogens (tertiary/aromatic N) is 2. The van der Waals surface area contributed by atoms with E-state index in [1.807, 2.05) is 7.05 Å². The number of rotatable bonds is 4. The van der Waals surface area contributed by atoms with Gasteiger partial charge in [0, 0.05) is 6.04 Å². The van der Waals surface area contributed by atoms with Gasteiger partial charge in [0.1, 0.15) is 0 Å². The van der Waals surface area contributed by atoms with Crippen molar-refractivity contribution in [2.24, 2.45) is 0 Å². The fourth-order valence-corrected chi connectivity index (χ4v) is 2.00. The van der Waals surface area contributed by atoms with Crippen molar-refractivity contribution in [3.8, 4) is 6.07 Å². The lowest BCUT2D eigenvalue weighted by molar-refractivity contribution is 0.158. The molecule has 1 N–H and O–H groups in total. The molecule has 3 heteroatoms. The molecular formula is C10H19N3. The largest absolute Gasteiger partial charge is 0.320 e. The standard InChI is InChI=1S/C10H19N3/c1-12-7-5-10-4-2-3-8-13(10)9-6-11/h10,12H,2-5,7-9H2,1H3. The molecule has 1 rings (SSSR count). The fraction of sp³-hybridized carbons (Fsp3) is 0.900. The zero-order chi connectivity index (χ0) is 9.52. The van der Waals surface area contributed by atoms with Gasteiger partial charge in [-0.25, -0.2) is 0 Å². The molecule has 74 valence electrons. The van der Waals surface area contributed by atoms with Crippen molar-refractivity contribution in [3.05, 3.63) is 0 Å². The third-order valence-electron chi connectivity index (χ3n) is 2.75. The molecule has 0 saturated carbocycles. The predicted molar refractivity (Wildman–Crippen MR) is 53.4 cm³/mol. The summed E-state index contributed by atoms with van der Waals surface area (Å²) in [5, 5.41) is 11.8. The minimum atomic E-state index is 0.606. The van der Waals surface area contributed by atoms with Crippen molar-refractivity contribution in [3.63, 3.8) is 0 Å². The van der Waals surface area contributed by atoms with E-state index in [2.05, 4.69) is 16.3 Å². The Balaban J connectivity index is 2.33. The van der Waals surface area contributed by atoms with Crippen LogP contribution in [0.1, 0.15) is 25.7 Å². The smallest absolute Gasteiger partial charge is 0.0868 e. The predicted octanol–water partition coefficient (Wildman–Crippen LogP) is 0.974. The van der Waals surface area contributed by atoms with Gasteiger partial charge in [-0.3, -0.25) is 4.90 Å². The Morgan fingerprint density at radius 2 is 2.38 bits per heavy atom. The van der Waals surface area contributed by atoms with Gasteiger partial charge in [-0.05, 0) is 39.4 Å². The highest BCUT2D eigenvalue weighted by Gasteiger charge is 2.20. The number of nitrogens with one attached hydrogen (secondary N) is 1. The zero-order valence-electron chi connectivity index (χ0n) is 8.42. The van der Waals surface area contributed by atoms with Crippen molar-refractivity contribution < 1.29 is 0 Å². The number of hydrogen-bond donors (Lipinski definition) is 1. The van der Waals surface area contributed by atoms with Crippen LogP contribution in [-0.2, 0) is 0 Å². The summed E-state index contributed by atoms with van der Waals surface area (Å²) < 4.78 is 0. The number of piperidine rings is 1. The van der Waals surface area contributed by atoms with Crippen LogP contribution in [0.15, 0.2) is 0 Å². The van der Waals surface area contributed by atoms with Crippen molar-refractivity contribution >= 4 is 0 Å². The molecule has 1 atom stereocenters. The van der Waals surface area contributed by atoms with E-state index in [1.165, 1.54) is 25.7 Å². The molecule has 1 fully saturated rings. The first kappa shape index (κ1) is 10.5. The van der Waals surface area contributed by atoms with Gasteiger partial charge in [-0.2, -0.15) is 5.26 Å². The van der Waals surface area contributed by atoms with E-state index in [-0.39, 0.29) is 0 Å². The lowest BCUT2D eigenvalue weighted by Crippen LogP contribution is -2.41. The molecule has 1 aliphatic heterocycles. The third-order valence-corrected chi connectivity index (χ3v) is 2.75. The second-order valence-corrected chi connectivity index (χ2v) is 3.67. The Labute approximate surface area is 80.7 Å². The molecule has 0 aromatic heterocycles. The van der Waals surface area contributed by atoms with E-state index in [9.17, 15) is 0 Å². The molecule has 0 bridgehead atoms. The molecule has 0 aromatic carbocycles. The average Bonchev–Trinajstić information content (AvgIpc) is 2.17. The first-order chi connectivity index (χ1) is 6.38. The van der Waals surface area contributed by atoms with Gasteiger partial charge < -0.3 is 5.32 Å². The first-order valence-electron chi connectivity index (χ1n) is 5.14. The van der Waals surface area contributed by atoms with Gasteiger partial charge in [-0.1, -0.05) is 6.42 Å². The Bertz CT molecular complexity index is 173. The molecule has 3 nitrogen and oxygen atoms in total. The van der Waals surface area contributed by atoms with Crippen LogP contribution >= 0.6 is 0 Å². The van der Waals surface area contributed by atoms with Crippen LogP contribution in [0.4, 0.5) is 0 Å². The van der Waals surface area contributed by atoms with Gasteiger partial charge in [-0.15, -0.1) is 0 Å². The molecule has 1 unspecified atom stereocenters. The van der Waals surface area contributed by atoms with E-state index in [4.69, 9.17) is 5.26 Å². The molecule has 1 saturated heterocycles. The van der Waals surface area contributed by atoms with E-state index in [0.29, 0.717) is 12.6 Å². The van der Waals surface area contributed by atoms with E-state index in [1.54, 1.807) is 0 Å². The Morgan fingerprint density at radius 1 is 1.54 bits per heavy atom. The second kappa shape index (κ2) is 5.95. The highest BCUT2D eigenvalue weighted by Crippen LogP contribution is 2.18. The molecule has 0 aliphatic carbocycles. The fourth-order valence-electron chi connectivity index (χ4n) is 2.00. The normalized spacial score (nSPS) is 24.2. The van der Waals surface area contributed by atoms with E-state index >= 15 is 0 Å². The van der Waals surface area contributed by atoms with Crippen LogP contribution in [0, 0.1) is 11.3 Å². The summed E-state index contributed by atoms with van der Waals surface area (Å²) in [6.45, 7) is 2.78. The van der Waals surface area contributed by atoms with Crippen LogP contribution in [-0.4, -0.2) is 37.6 Å². The van der Waals surface area contributed by atoms with E-state index < -0.39 is 0 Å². The maximum atomic E-state index is 8.65. The summed E-state index contributed by atoms with van der Waals surface area (Å²) in [5.74, 6) is 0. The van der Waals surface area contributed by atoms with Crippen LogP contribution < -0.4 is 5.32 Å². The molecule has 13 heavy (non-hydrogen) atoms. The maximum Gasteiger partial charge on any atom is 0.0868 e. The average molecular weight is 181 g/mol. The number of nitriles is 1. The quantitative estimate of drug-likeness (QED) is 0.657. The highest BCUT2D eigenvalue weighted by atomic mass is 15.2. The monoisotopic (exact) mass is 181 g/mol. The highest BCUT2D eigenvalue weighted by molar-refractivity contribution is 4.84. The summed E-state index contributed by atoms with van der Waals surface area (Å²) in [5.41, 5.74) is 0. The Hall–Kier alpha value is -0.590. The van der Waals surface area contributed by atoms with Crippen LogP contribution in [0.2, 0.25) is 0 Å². The SMILES string of the molecule is CNCCC1CCCCN1CC#N. The lowest BCUT2D eigenvalue weighted by Gasteiger charge is -2.33. The zero-order valence-corrected chi connectivity index (χ0v) is 8.42. The summed E-state index contributed by atoms with van der Waals surface area (Å²) in [6.07, 6.45) is 5.04. The van der Waals surface area contributed by atoms with Crippen molar-refractivity contribution in [2.45, 2.75) is 31.7 Å². The summed E-state index contributed by atoms with van der Waals surface area (Å²) >= 11 is 0. The topological polar surface area (TPSA) is 39.1 Å². The summed E-state index contributed by atoms with van der Waals surface area (Å²) in [4.78, 5) is 2.32. The molecule has 1 heterocycles. The number of hydrogen-bond acceptors (Lipinski definition) is 3. The number of likely N-dealkylation sites (tertiary alicyclic amines) is 1. The minimum absolute atomic E-state index is 0.606. The Morgan fingerprint density at radius 3 is 3.08 bits per heavy atom. The van der Waals surface area contributed by atoms with Crippen LogP contribution in [0.5, 0.6) is 0 Å². The molecule has 0 radical (unpaired) electrons. The lowest BCUT2D eigenvalue weighted by atomic mass is 9.99. The minimum Gasteiger partial charge on any atom is -0.320 e. The molecule has 0 amide bonds. The van der Waals surface area contributed by atoms with Gasteiger partial charge in [0.2, 0.25) is 0 Å². The van der Waals surface area contributed by atoms with Crippen molar-refractivity contribution in [1.82, 2.24) is 10.2 Å². The molecule has 1 aliphatic rings. The first-order valence-corrected chi connectivity index (χ1v) is 5.14. The summed E-state index contributed by atoms with van der Waals surface area (Å²) in [7, 11) is 1.98. The van der Waals surface area contributed by atoms with Crippen molar-refractivity contribution in [2.75, 3.05) is 26.7 Å². The van der Waals surface area contributed by atoms with Gasteiger partial charge in [0.25, 0.3) is 0 Å². The maximum absolute atomic E-state index is 8.65. The van der Waals surface area contributed by atoms with Gasteiger partial charge >= 0.3 is 0 Å². The summed E-state index contributed by atoms with van der Waals surface area (Å²) in [6, 6.07) is 2.89. The molecule has 0 spiro atoms. The second-order valence-electron chi connectivity index (χ2n) is 3.67. The van der Waals surface area contributed by atoms with Crippen molar-refractivity contribution in [1.29, 1.82) is 5.26 Å². The van der Waals surface area contributed by atoms with Crippen LogP contribution in [0.3, 0.4) is 0 Å². The van der Waals surface area contributed by atoms with Crippen LogP contribution in [0.25, 0.3) is 0 Å². The van der Waals surface area contributed by atoms with Gasteiger partial charge in [0.15, 0.2) is 0 Å². The molecule has 0 aromatic rings. The third kappa shape index (κ3) is 3.33. The Kier molecular flexibility index (Phi) is 4.81.